The molecule has 0 aliphatic heterocycles. The van der Waals surface area contributed by atoms with E-state index in [0.717, 1.165) is 35.4 Å². The Morgan fingerprint density at radius 2 is 1.66 bits per heavy atom. The van der Waals surface area contributed by atoms with Crippen molar-refractivity contribution in [1.29, 1.82) is 0 Å². The molecule has 0 heterocycles. The predicted octanol–water partition coefficient (Wildman–Crippen LogP) is 4.24. The van der Waals surface area contributed by atoms with Crippen LogP contribution in [-0.2, 0) is 6.42 Å². The summed E-state index contributed by atoms with van der Waals surface area (Å²) in [6.45, 7) is 0.778. The van der Waals surface area contributed by atoms with Gasteiger partial charge in [-0.15, -0.1) is 0 Å². The van der Waals surface area contributed by atoms with Crippen LogP contribution in [-0.4, -0.2) is 38.4 Å². The highest BCUT2D eigenvalue weighted by molar-refractivity contribution is 6.14. The van der Waals surface area contributed by atoms with E-state index in [1.165, 1.54) is 12.1 Å². The second-order valence-electron chi connectivity index (χ2n) is 6.96. The lowest BCUT2D eigenvalue weighted by Crippen LogP contribution is -2.15. The van der Waals surface area contributed by atoms with E-state index in [4.69, 9.17) is 9.47 Å². The lowest BCUT2D eigenvalue weighted by Gasteiger charge is -2.17. The topological polar surface area (TPSA) is 98.0 Å². The molecule has 0 bridgehead atoms. The van der Waals surface area contributed by atoms with E-state index < -0.39 is 4.92 Å². The minimum atomic E-state index is -0.430. The van der Waals surface area contributed by atoms with E-state index in [1.54, 1.807) is 26.4 Å². The van der Waals surface area contributed by atoms with Crippen LogP contribution in [0.4, 0.5) is 11.4 Å². The zero-order valence-electron chi connectivity index (χ0n) is 18.3. The maximum Gasteiger partial charge on any atom is 0.269 e. The predicted molar refractivity (Wildman–Crippen MR) is 126 cm³/mol. The summed E-state index contributed by atoms with van der Waals surface area (Å²) in [6.07, 6.45) is 0.759. The Bertz CT molecular complexity index is 1080. The molecule has 3 aromatic rings. The lowest BCUT2D eigenvalue weighted by molar-refractivity contribution is -0.384. The van der Waals surface area contributed by atoms with Crippen LogP contribution in [0.2, 0.25) is 0 Å². The number of ether oxygens (including phenoxy) is 2. The van der Waals surface area contributed by atoms with E-state index in [9.17, 15) is 10.1 Å². The smallest absolute Gasteiger partial charge is 0.269 e. The molecule has 0 unspecified atom stereocenters. The largest absolute Gasteiger partial charge is 0.493 e. The third-order valence-electron chi connectivity index (χ3n) is 4.93. The molecule has 0 atom stereocenters. The molecule has 0 aliphatic rings. The number of hydrazone groups is 1. The van der Waals surface area contributed by atoms with Gasteiger partial charge in [-0.05, 0) is 49.8 Å². The average molecular weight is 434 g/mol. The van der Waals surface area contributed by atoms with Gasteiger partial charge in [0.25, 0.3) is 5.69 Å². The number of nitrogens with zero attached hydrogens (tertiary/aromatic N) is 2. The van der Waals surface area contributed by atoms with Gasteiger partial charge in [0, 0.05) is 23.3 Å². The molecule has 8 nitrogen and oxygen atoms in total. The zero-order valence-corrected chi connectivity index (χ0v) is 18.3. The van der Waals surface area contributed by atoms with Gasteiger partial charge < -0.3 is 14.8 Å². The summed E-state index contributed by atoms with van der Waals surface area (Å²) in [5, 5.41) is 18.8. The van der Waals surface area contributed by atoms with Crippen LogP contribution in [0.25, 0.3) is 0 Å². The number of anilines is 1. The highest BCUT2D eigenvalue weighted by Crippen LogP contribution is 2.32. The fraction of sp³-hybridized carbons (Fsp3) is 0.208. The minimum absolute atomic E-state index is 0.0251. The summed E-state index contributed by atoms with van der Waals surface area (Å²) in [5.41, 5.74) is 7.28. The minimum Gasteiger partial charge on any atom is -0.493 e. The Balaban J connectivity index is 2.09. The maximum absolute atomic E-state index is 10.9. The second-order valence-corrected chi connectivity index (χ2v) is 6.96. The van der Waals surface area contributed by atoms with E-state index in [-0.39, 0.29) is 5.69 Å². The summed E-state index contributed by atoms with van der Waals surface area (Å²) in [6, 6.07) is 19.8. The van der Waals surface area contributed by atoms with Crippen LogP contribution in [0.1, 0.15) is 16.7 Å². The molecule has 0 aromatic heterocycles. The number of non-ortho nitro benzene ring substituents is 1. The molecule has 32 heavy (non-hydrogen) atoms. The van der Waals surface area contributed by atoms with E-state index in [0.29, 0.717) is 17.2 Å². The van der Waals surface area contributed by atoms with Gasteiger partial charge in [0.1, 0.15) is 0 Å². The van der Waals surface area contributed by atoms with Crippen LogP contribution in [0, 0.1) is 10.1 Å². The Morgan fingerprint density at radius 3 is 2.25 bits per heavy atom. The first-order chi connectivity index (χ1) is 15.6. The fourth-order valence-corrected chi connectivity index (χ4v) is 3.26. The Hall–Kier alpha value is -3.91. The number of likely N-dealkylation sites (N-methyl/N-ethyl adjacent to an activating group) is 1. The SMILES string of the molecule is CNCCc1cc(OC)c(OC)cc1/C(=N\Nc1ccc([N+](=O)[O-])cc1)c1ccccc1. The summed E-state index contributed by atoms with van der Waals surface area (Å²) in [5.74, 6) is 1.26. The van der Waals surface area contributed by atoms with E-state index in [2.05, 4.69) is 15.8 Å². The lowest BCUT2D eigenvalue weighted by atomic mass is 9.95. The van der Waals surface area contributed by atoms with Crippen molar-refractivity contribution in [3.8, 4) is 11.5 Å². The van der Waals surface area contributed by atoms with Crippen molar-refractivity contribution >= 4 is 17.1 Å². The first-order valence-corrected chi connectivity index (χ1v) is 10.1. The van der Waals surface area contributed by atoms with Crippen molar-refractivity contribution in [1.82, 2.24) is 5.32 Å². The summed E-state index contributed by atoms with van der Waals surface area (Å²) >= 11 is 0. The molecule has 0 radical (unpaired) electrons. The van der Waals surface area contributed by atoms with Gasteiger partial charge in [-0.1, -0.05) is 30.3 Å². The molecule has 3 aromatic carbocycles. The monoisotopic (exact) mass is 434 g/mol. The molecule has 0 amide bonds. The highest BCUT2D eigenvalue weighted by Gasteiger charge is 2.17. The number of nitro groups is 1. The quantitative estimate of drug-likeness (QED) is 0.281. The van der Waals surface area contributed by atoms with E-state index >= 15 is 0 Å². The highest BCUT2D eigenvalue weighted by atomic mass is 16.6. The summed E-state index contributed by atoms with van der Waals surface area (Å²) < 4.78 is 11.0. The molecular formula is C24H26N4O4. The molecular weight excluding hydrogens is 408 g/mol. The normalized spacial score (nSPS) is 11.2. The maximum atomic E-state index is 10.9. The second kappa shape index (κ2) is 10.9. The Kier molecular flexibility index (Phi) is 7.77. The molecule has 2 N–H and O–H groups in total. The Morgan fingerprint density at radius 1 is 1.00 bits per heavy atom. The van der Waals surface area contributed by atoms with Gasteiger partial charge in [-0.2, -0.15) is 5.10 Å². The van der Waals surface area contributed by atoms with Crippen molar-refractivity contribution in [2.24, 2.45) is 5.10 Å². The first kappa shape index (κ1) is 22.8. The Labute approximate surface area is 187 Å². The molecule has 0 spiro atoms. The van der Waals surface area contributed by atoms with Crippen LogP contribution in [0.15, 0.2) is 71.8 Å². The number of benzene rings is 3. The number of nitrogens with one attached hydrogen (secondary N) is 2. The molecule has 8 heteroatoms. The van der Waals surface area contributed by atoms with Gasteiger partial charge >= 0.3 is 0 Å². The summed E-state index contributed by atoms with van der Waals surface area (Å²) in [7, 11) is 5.12. The van der Waals surface area contributed by atoms with Gasteiger partial charge in [0.2, 0.25) is 0 Å². The molecule has 3 rings (SSSR count). The number of hydrogen-bond acceptors (Lipinski definition) is 7. The van der Waals surface area contributed by atoms with Crippen molar-refractivity contribution < 1.29 is 14.4 Å². The summed E-state index contributed by atoms with van der Waals surface area (Å²) in [4.78, 5) is 10.5. The van der Waals surface area contributed by atoms with Crippen molar-refractivity contribution in [2.75, 3.05) is 33.2 Å². The van der Waals surface area contributed by atoms with Crippen molar-refractivity contribution in [2.45, 2.75) is 6.42 Å². The van der Waals surface area contributed by atoms with E-state index in [1.807, 2.05) is 49.5 Å². The number of rotatable bonds is 10. The van der Waals surface area contributed by atoms with Gasteiger partial charge in [-0.3, -0.25) is 15.5 Å². The standard InChI is InChI=1S/C24H26N4O4/c1-25-14-13-18-15-22(31-2)23(32-3)16-21(18)24(17-7-5-4-6-8-17)27-26-19-9-11-20(12-10-19)28(29)30/h4-12,15-16,25-26H,13-14H2,1-3H3/b27-24-. The molecule has 0 saturated carbocycles. The van der Waals surface area contributed by atoms with Crippen LogP contribution in [0.5, 0.6) is 11.5 Å². The average Bonchev–Trinajstić information content (AvgIpc) is 2.83. The van der Waals surface area contributed by atoms with Gasteiger partial charge in [0.15, 0.2) is 11.5 Å². The van der Waals surface area contributed by atoms with Crippen LogP contribution < -0.4 is 20.2 Å². The third-order valence-corrected chi connectivity index (χ3v) is 4.93. The molecule has 0 saturated heterocycles. The number of nitro benzene ring substituents is 1. The van der Waals surface area contributed by atoms with Crippen molar-refractivity contribution in [3.63, 3.8) is 0 Å². The van der Waals surface area contributed by atoms with Crippen LogP contribution in [0.3, 0.4) is 0 Å². The molecule has 0 aliphatic carbocycles. The van der Waals surface area contributed by atoms with Crippen LogP contribution >= 0.6 is 0 Å². The van der Waals surface area contributed by atoms with Gasteiger partial charge in [0.05, 0.1) is 30.5 Å². The third kappa shape index (κ3) is 5.41. The van der Waals surface area contributed by atoms with Crippen molar-refractivity contribution in [3.05, 3.63) is 93.5 Å². The number of methoxy groups -OCH3 is 2. The zero-order chi connectivity index (χ0) is 22.9. The van der Waals surface area contributed by atoms with Gasteiger partial charge in [-0.25, -0.2) is 0 Å². The fourth-order valence-electron chi connectivity index (χ4n) is 3.26. The molecule has 0 fully saturated rings. The first-order valence-electron chi connectivity index (χ1n) is 10.1. The number of hydrogen-bond donors (Lipinski definition) is 2. The molecule has 166 valence electrons.